The average Bonchev–Trinajstić information content (AvgIpc) is 2.40. The van der Waals surface area contributed by atoms with Crippen molar-refractivity contribution in [3.63, 3.8) is 0 Å². The second-order valence-corrected chi connectivity index (χ2v) is 4.40. The molecular formula is C13H19N5O. The van der Waals surface area contributed by atoms with Gasteiger partial charge in [-0.2, -0.15) is 5.10 Å². The summed E-state index contributed by atoms with van der Waals surface area (Å²) in [4.78, 5) is 2.37. The Morgan fingerprint density at radius 2 is 2.11 bits per heavy atom. The summed E-state index contributed by atoms with van der Waals surface area (Å²) >= 11 is 0. The third-order valence-corrected chi connectivity index (χ3v) is 2.84. The largest absolute Gasteiger partial charge is 0.379 e. The maximum absolute atomic E-state index is 5.34. The molecule has 1 aliphatic heterocycles. The summed E-state index contributed by atoms with van der Waals surface area (Å²) in [6, 6.07) is 8.16. The standard InChI is InChI=1S/C13H19N5O/c14-13(15)17-16-9-11-2-1-3-12(8-11)10-18-4-6-19-7-5-18/h1-3,8-9H,4-7,10H2,(H4,14,15,17). The van der Waals surface area contributed by atoms with Crippen LogP contribution in [0.1, 0.15) is 11.1 Å². The molecule has 0 bridgehead atoms. The van der Waals surface area contributed by atoms with E-state index in [0.29, 0.717) is 0 Å². The van der Waals surface area contributed by atoms with Crippen LogP contribution in [0, 0.1) is 0 Å². The van der Waals surface area contributed by atoms with Crippen molar-refractivity contribution in [3.05, 3.63) is 35.4 Å². The van der Waals surface area contributed by atoms with E-state index in [9.17, 15) is 0 Å². The zero-order valence-electron chi connectivity index (χ0n) is 10.8. The van der Waals surface area contributed by atoms with Gasteiger partial charge in [-0.05, 0) is 17.2 Å². The first-order chi connectivity index (χ1) is 9.24. The fourth-order valence-corrected chi connectivity index (χ4v) is 1.95. The predicted molar refractivity (Wildman–Crippen MR) is 75.9 cm³/mol. The Morgan fingerprint density at radius 1 is 1.32 bits per heavy atom. The Bertz CT molecular complexity index is 462. The lowest BCUT2D eigenvalue weighted by Gasteiger charge is -2.26. The van der Waals surface area contributed by atoms with E-state index in [-0.39, 0.29) is 5.96 Å². The van der Waals surface area contributed by atoms with Crippen molar-refractivity contribution in [1.82, 2.24) is 4.90 Å². The summed E-state index contributed by atoms with van der Waals surface area (Å²) < 4.78 is 5.34. The minimum atomic E-state index is -0.0410. The molecule has 19 heavy (non-hydrogen) atoms. The Balaban J connectivity index is 1.98. The quantitative estimate of drug-likeness (QED) is 0.458. The van der Waals surface area contributed by atoms with Crippen LogP contribution in [0.5, 0.6) is 0 Å². The summed E-state index contributed by atoms with van der Waals surface area (Å²) in [5, 5.41) is 7.39. The molecule has 0 saturated carbocycles. The molecule has 1 fully saturated rings. The minimum absolute atomic E-state index is 0.0410. The zero-order chi connectivity index (χ0) is 13.5. The first kappa shape index (κ1) is 13.5. The van der Waals surface area contributed by atoms with E-state index in [4.69, 9.17) is 16.2 Å². The highest BCUT2D eigenvalue weighted by molar-refractivity contribution is 5.81. The van der Waals surface area contributed by atoms with Crippen LogP contribution >= 0.6 is 0 Å². The maximum Gasteiger partial charge on any atom is 0.211 e. The lowest BCUT2D eigenvalue weighted by molar-refractivity contribution is 0.0342. The number of ether oxygens (including phenoxy) is 1. The van der Waals surface area contributed by atoms with E-state index in [1.165, 1.54) is 5.56 Å². The molecule has 6 heteroatoms. The molecule has 1 aromatic rings. The lowest BCUT2D eigenvalue weighted by Crippen LogP contribution is -2.35. The Morgan fingerprint density at radius 3 is 2.84 bits per heavy atom. The van der Waals surface area contributed by atoms with E-state index >= 15 is 0 Å². The Labute approximate surface area is 112 Å². The summed E-state index contributed by atoms with van der Waals surface area (Å²) in [6.07, 6.45) is 1.64. The monoisotopic (exact) mass is 261 g/mol. The van der Waals surface area contributed by atoms with Gasteiger partial charge in [0.05, 0.1) is 19.4 Å². The molecule has 0 aromatic heterocycles. The molecule has 1 aliphatic rings. The third kappa shape index (κ3) is 4.69. The van der Waals surface area contributed by atoms with Crippen molar-refractivity contribution in [2.24, 2.45) is 21.7 Å². The topological polar surface area (TPSA) is 89.2 Å². The van der Waals surface area contributed by atoms with Crippen LogP contribution in [0.25, 0.3) is 0 Å². The fraction of sp³-hybridized carbons (Fsp3) is 0.385. The average molecular weight is 261 g/mol. The number of nitrogens with zero attached hydrogens (tertiary/aromatic N) is 3. The number of hydrogen-bond donors (Lipinski definition) is 2. The number of nitrogens with two attached hydrogens (primary N) is 2. The van der Waals surface area contributed by atoms with Gasteiger partial charge in [0.1, 0.15) is 0 Å². The van der Waals surface area contributed by atoms with Gasteiger partial charge in [-0.15, -0.1) is 5.10 Å². The Hall–Kier alpha value is -1.92. The summed E-state index contributed by atoms with van der Waals surface area (Å²) in [5.74, 6) is -0.0410. The SMILES string of the molecule is NC(N)=NN=Cc1cccc(CN2CCOCC2)c1. The van der Waals surface area contributed by atoms with Gasteiger partial charge in [0.25, 0.3) is 0 Å². The zero-order valence-corrected chi connectivity index (χ0v) is 10.8. The number of benzene rings is 1. The van der Waals surface area contributed by atoms with E-state index < -0.39 is 0 Å². The molecule has 0 radical (unpaired) electrons. The second-order valence-electron chi connectivity index (χ2n) is 4.40. The van der Waals surface area contributed by atoms with Crippen LogP contribution in [0.2, 0.25) is 0 Å². The molecule has 0 unspecified atom stereocenters. The summed E-state index contributed by atoms with van der Waals surface area (Å²) in [7, 11) is 0. The van der Waals surface area contributed by atoms with Crippen LogP contribution in [0.3, 0.4) is 0 Å². The highest BCUT2D eigenvalue weighted by Gasteiger charge is 2.10. The fourth-order valence-electron chi connectivity index (χ4n) is 1.95. The van der Waals surface area contributed by atoms with E-state index in [0.717, 1.165) is 38.4 Å². The molecule has 4 N–H and O–H groups in total. The molecule has 0 amide bonds. The molecule has 102 valence electrons. The molecule has 1 saturated heterocycles. The molecule has 1 heterocycles. The van der Waals surface area contributed by atoms with Gasteiger partial charge in [0, 0.05) is 19.6 Å². The summed E-state index contributed by atoms with van der Waals surface area (Å²) in [5.41, 5.74) is 12.6. The van der Waals surface area contributed by atoms with Crippen LogP contribution < -0.4 is 11.5 Å². The molecule has 6 nitrogen and oxygen atoms in total. The van der Waals surface area contributed by atoms with Crippen molar-refractivity contribution >= 4 is 12.2 Å². The van der Waals surface area contributed by atoms with Crippen LogP contribution in [-0.2, 0) is 11.3 Å². The minimum Gasteiger partial charge on any atom is -0.379 e. The maximum atomic E-state index is 5.34. The predicted octanol–water partition coefficient (Wildman–Crippen LogP) is 0.126. The highest BCUT2D eigenvalue weighted by atomic mass is 16.5. The molecule has 2 rings (SSSR count). The second kappa shape index (κ2) is 6.86. The number of morpholine rings is 1. The number of rotatable bonds is 4. The van der Waals surface area contributed by atoms with Gasteiger partial charge < -0.3 is 16.2 Å². The van der Waals surface area contributed by atoms with Crippen molar-refractivity contribution in [3.8, 4) is 0 Å². The van der Waals surface area contributed by atoms with Gasteiger partial charge in [-0.3, -0.25) is 4.90 Å². The van der Waals surface area contributed by atoms with Gasteiger partial charge in [-0.1, -0.05) is 18.2 Å². The van der Waals surface area contributed by atoms with Crippen molar-refractivity contribution in [2.45, 2.75) is 6.54 Å². The van der Waals surface area contributed by atoms with Gasteiger partial charge in [0.2, 0.25) is 5.96 Å². The lowest BCUT2D eigenvalue weighted by atomic mass is 10.1. The van der Waals surface area contributed by atoms with Crippen molar-refractivity contribution in [2.75, 3.05) is 26.3 Å². The van der Waals surface area contributed by atoms with Crippen molar-refractivity contribution in [1.29, 1.82) is 0 Å². The first-order valence-corrected chi connectivity index (χ1v) is 6.25. The smallest absolute Gasteiger partial charge is 0.211 e. The van der Waals surface area contributed by atoms with Crippen molar-refractivity contribution < 1.29 is 4.74 Å². The van der Waals surface area contributed by atoms with Crippen LogP contribution in [-0.4, -0.2) is 43.4 Å². The van der Waals surface area contributed by atoms with E-state index in [1.807, 2.05) is 12.1 Å². The van der Waals surface area contributed by atoms with Gasteiger partial charge in [0.15, 0.2) is 0 Å². The molecule has 0 atom stereocenters. The number of guanidine groups is 1. The first-order valence-electron chi connectivity index (χ1n) is 6.25. The molecular weight excluding hydrogens is 242 g/mol. The normalized spacial score (nSPS) is 16.6. The summed E-state index contributed by atoms with van der Waals surface area (Å²) in [6.45, 7) is 4.50. The van der Waals surface area contributed by atoms with Crippen LogP contribution in [0.4, 0.5) is 0 Å². The molecule has 1 aromatic carbocycles. The van der Waals surface area contributed by atoms with Gasteiger partial charge >= 0.3 is 0 Å². The van der Waals surface area contributed by atoms with E-state index in [2.05, 4.69) is 27.2 Å². The van der Waals surface area contributed by atoms with Crippen LogP contribution in [0.15, 0.2) is 34.5 Å². The molecule has 0 spiro atoms. The van der Waals surface area contributed by atoms with Gasteiger partial charge in [-0.25, -0.2) is 0 Å². The van der Waals surface area contributed by atoms with E-state index in [1.54, 1.807) is 6.21 Å². The molecule has 0 aliphatic carbocycles. The highest BCUT2D eigenvalue weighted by Crippen LogP contribution is 2.09. The Kier molecular flexibility index (Phi) is 4.88. The third-order valence-electron chi connectivity index (χ3n) is 2.84. The number of hydrogen-bond acceptors (Lipinski definition) is 4.